The van der Waals surface area contributed by atoms with Crippen LogP contribution in [0.5, 0.6) is 5.75 Å². The minimum atomic E-state index is -0.0134. The Morgan fingerprint density at radius 3 is 2.78 bits per heavy atom. The molecule has 0 amide bonds. The van der Waals surface area contributed by atoms with Gasteiger partial charge in [-0.3, -0.25) is 0 Å². The number of rotatable bonds is 4. The zero-order valence-corrected chi connectivity index (χ0v) is 10.9. The van der Waals surface area contributed by atoms with E-state index in [1.54, 1.807) is 18.3 Å². The van der Waals surface area contributed by atoms with Crippen molar-refractivity contribution in [2.75, 3.05) is 0 Å². The van der Waals surface area contributed by atoms with Gasteiger partial charge in [0.05, 0.1) is 11.6 Å². The summed E-state index contributed by atoms with van der Waals surface area (Å²) in [6, 6.07) is 8.81. The largest absolute Gasteiger partial charge is 0.489 e. The topological polar surface area (TPSA) is 42.4 Å². The van der Waals surface area contributed by atoms with Crippen LogP contribution in [-0.2, 0) is 13.2 Å². The first-order valence-corrected chi connectivity index (χ1v) is 6.07. The summed E-state index contributed by atoms with van der Waals surface area (Å²) in [5.41, 5.74) is 1.56. The molecule has 5 heteroatoms. The summed E-state index contributed by atoms with van der Waals surface area (Å²) in [6.45, 7) is 0.290. The van der Waals surface area contributed by atoms with Gasteiger partial charge in [-0.25, -0.2) is 4.98 Å². The van der Waals surface area contributed by atoms with Crippen LogP contribution in [0.15, 0.2) is 36.5 Å². The van der Waals surface area contributed by atoms with Crippen molar-refractivity contribution in [3.8, 4) is 5.75 Å². The predicted molar refractivity (Wildman–Crippen MR) is 71.0 cm³/mol. The predicted octanol–water partition coefficient (Wildman–Crippen LogP) is 3.46. The van der Waals surface area contributed by atoms with Gasteiger partial charge in [0, 0.05) is 11.8 Å². The zero-order valence-electron chi connectivity index (χ0n) is 9.44. The molecule has 1 aromatic carbocycles. The van der Waals surface area contributed by atoms with E-state index < -0.39 is 0 Å². The van der Waals surface area contributed by atoms with Crippen LogP contribution in [0.3, 0.4) is 0 Å². The minimum absolute atomic E-state index is 0.0134. The molecule has 0 radical (unpaired) electrons. The maximum absolute atomic E-state index is 9.02. The van der Waals surface area contributed by atoms with Gasteiger partial charge in [-0.05, 0) is 23.8 Å². The first-order valence-electron chi connectivity index (χ1n) is 5.31. The number of halogens is 2. The summed E-state index contributed by atoms with van der Waals surface area (Å²) in [5.74, 6) is 0.674. The third kappa shape index (κ3) is 3.35. The third-order valence-corrected chi connectivity index (χ3v) is 2.93. The Morgan fingerprint density at radius 2 is 2.06 bits per heavy atom. The van der Waals surface area contributed by atoms with Crippen LogP contribution in [0.1, 0.15) is 11.1 Å². The molecule has 0 atom stereocenters. The van der Waals surface area contributed by atoms with Crippen molar-refractivity contribution in [2.45, 2.75) is 13.2 Å². The molecule has 2 rings (SSSR count). The van der Waals surface area contributed by atoms with Crippen molar-refractivity contribution in [1.82, 2.24) is 4.98 Å². The average molecular weight is 284 g/mol. The summed E-state index contributed by atoms with van der Waals surface area (Å²) < 4.78 is 5.58. The summed E-state index contributed by atoms with van der Waals surface area (Å²) in [4.78, 5) is 3.95. The molecule has 0 fully saturated rings. The summed E-state index contributed by atoms with van der Waals surface area (Å²) in [6.07, 6.45) is 1.58. The highest BCUT2D eigenvalue weighted by atomic mass is 35.5. The third-order valence-electron chi connectivity index (χ3n) is 2.37. The number of aromatic nitrogens is 1. The van der Waals surface area contributed by atoms with Gasteiger partial charge >= 0.3 is 0 Å². The van der Waals surface area contributed by atoms with Crippen molar-refractivity contribution in [3.05, 3.63) is 57.8 Å². The molecular formula is C13H11Cl2NO2. The lowest BCUT2D eigenvalue weighted by molar-refractivity contribution is 0.278. The monoisotopic (exact) mass is 283 g/mol. The fourth-order valence-corrected chi connectivity index (χ4v) is 1.86. The van der Waals surface area contributed by atoms with E-state index in [0.29, 0.717) is 22.5 Å². The molecule has 18 heavy (non-hydrogen) atoms. The lowest BCUT2D eigenvalue weighted by Crippen LogP contribution is -1.98. The van der Waals surface area contributed by atoms with Crippen LogP contribution < -0.4 is 4.74 Å². The maximum Gasteiger partial charge on any atom is 0.130 e. The number of hydrogen-bond donors (Lipinski definition) is 1. The van der Waals surface area contributed by atoms with Crippen LogP contribution >= 0.6 is 23.2 Å². The highest BCUT2D eigenvalue weighted by molar-refractivity contribution is 6.34. The maximum atomic E-state index is 9.02. The van der Waals surface area contributed by atoms with Gasteiger partial charge in [0.25, 0.3) is 0 Å². The molecule has 1 heterocycles. The van der Waals surface area contributed by atoms with Crippen molar-refractivity contribution in [2.24, 2.45) is 0 Å². The summed E-state index contributed by atoms with van der Waals surface area (Å²) in [5, 5.41) is 9.90. The lowest BCUT2D eigenvalue weighted by Gasteiger charge is -2.08. The van der Waals surface area contributed by atoms with E-state index in [4.69, 9.17) is 33.0 Å². The van der Waals surface area contributed by atoms with Gasteiger partial charge in [0.2, 0.25) is 0 Å². The van der Waals surface area contributed by atoms with Crippen LogP contribution in [-0.4, -0.2) is 10.1 Å². The van der Waals surface area contributed by atoms with Crippen LogP contribution in [0.4, 0.5) is 0 Å². The van der Waals surface area contributed by atoms with E-state index >= 15 is 0 Å². The van der Waals surface area contributed by atoms with Crippen molar-refractivity contribution in [1.29, 1.82) is 0 Å². The molecule has 94 valence electrons. The first-order chi connectivity index (χ1) is 8.69. The molecule has 0 aliphatic rings. The average Bonchev–Trinajstić information content (AvgIpc) is 2.38. The van der Waals surface area contributed by atoms with Crippen molar-refractivity contribution >= 4 is 23.2 Å². The van der Waals surface area contributed by atoms with E-state index in [-0.39, 0.29) is 6.61 Å². The molecular weight excluding hydrogens is 273 g/mol. The molecule has 0 spiro atoms. The van der Waals surface area contributed by atoms with Gasteiger partial charge in [0.15, 0.2) is 0 Å². The minimum Gasteiger partial charge on any atom is -0.489 e. The quantitative estimate of drug-likeness (QED) is 0.874. The Labute approximate surface area is 115 Å². The molecule has 0 unspecified atom stereocenters. The Morgan fingerprint density at radius 1 is 1.22 bits per heavy atom. The van der Waals surface area contributed by atoms with Gasteiger partial charge < -0.3 is 9.84 Å². The number of nitrogens with zero attached hydrogens (tertiary/aromatic N) is 1. The zero-order chi connectivity index (χ0) is 13.0. The number of hydrogen-bond acceptors (Lipinski definition) is 3. The number of pyridine rings is 1. The number of aliphatic hydroxyl groups excluding tert-OH is 1. The molecule has 1 aromatic heterocycles. The highest BCUT2D eigenvalue weighted by Gasteiger charge is 2.04. The Bertz CT molecular complexity index is 546. The van der Waals surface area contributed by atoms with Gasteiger partial charge in [-0.15, -0.1) is 0 Å². The van der Waals surface area contributed by atoms with E-state index in [1.165, 1.54) is 0 Å². The van der Waals surface area contributed by atoms with Gasteiger partial charge in [-0.2, -0.15) is 0 Å². The molecule has 0 saturated carbocycles. The van der Waals surface area contributed by atoms with Crippen LogP contribution in [0.2, 0.25) is 10.2 Å². The molecule has 0 aliphatic carbocycles. The van der Waals surface area contributed by atoms with E-state index in [2.05, 4.69) is 4.98 Å². The van der Waals surface area contributed by atoms with Crippen LogP contribution in [0, 0.1) is 0 Å². The van der Waals surface area contributed by atoms with E-state index in [0.717, 1.165) is 11.1 Å². The molecule has 1 N–H and O–H groups in total. The van der Waals surface area contributed by atoms with Crippen molar-refractivity contribution < 1.29 is 9.84 Å². The smallest absolute Gasteiger partial charge is 0.130 e. The second kappa shape index (κ2) is 6.05. The summed E-state index contributed by atoms with van der Waals surface area (Å²) in [7, 11) is 0. The molecule has 0 aliphatic heterocycles. The molecule has 0 bridgehead atoms. The van der Waals surface area contributed by atoms with Crippen molar-refractivity contribution in [3.63, 3.8) is 0 Å². The standard InChI is InChI=1S/C13H11Cl2NO2/c14-12-5-13(15)16-6-10(12)8-18-11-3-1-2-9(4-11)7-17/h1-6,17H,7-8H2. The fraction of sp³-hybridized carbons (Fsp3) is 0.154. The summed E-state index contributed by atoms with van der Waals surface area (Å²) >= 11 is 11.7. The Kier molecular flexibility index (Phi) is 4.42. The lowest BCUT2D eigenvalue weighted by atomic mass is 10.2. The molecule has 2 aromatic rings. The second-order valence-corrected chi connectivity index (χ2v) is 4.49. The number of benzene rings is 1. The molecule has 0 saturated heterocycles. The molecule has 3 nitrogen and oxygen atoms in total. The SMILES string of the molecule is OCc1cccc(OCc2cnc(Cl)cc2Cl)c1. The normalized spacial score (nSPS) is 10.4. The second-order valence-electron chi connectivity index (χ2n) is 3.69. The van der Waals surface area contributed by atoms with E-state index in [1.807, 2.05) is 18.2 Å². The van der Waals surface area contributed by atoms with E-state index in [9.17, 15) is 0 Å². The van der Waals surface area contributed by atoms with Gasteiger partial charge in [-0.1, -0.05) is 35.3 Å². The Hall–Kier alpha value is -1.29. The number of ether oxygens (including phenoxy) is 1. The van der Waals surface area contributed by atoms with Gasteiger partial charge in [0.1, 0.15) is 17.5 Å². The fourth-order valence-electron chi connectivity index (χ4n) is 1.44. The number of aliphatic hydroxyl groups is 1. The van der Waals surface area contributed by atoms with Crippen LogP contribution in [0.25, 0.3) is 0 Å². The first kappa shape index (κ1) is 13.1. The highest BCUT2D eigenvalue weighted by Crippen LogP contribution is 2.21. The Balaban J connectivity index is 2.06.